The molecule has 2 aromatic carbocycles. The van der Waals surface area contributed by atoms with Crippen molar-refractivity contribution in [3.05, 3.63) is 59.7 Å². The van der Waals surface area contributed by atoms with Crippen LogP contribution in [0.4, 0.5) is 13.2 Å². The van der Waals surface area contributed by atoms with Crippen LogP contribution in [0.3, 0.4) is 0 Å². The van der Waals surface area contributed by atoms with Crippen molar-refractivity contribution in [1.29, 1.82) is 0 Å². The molecule has 0 spiro atoms. The first-order chi connectivity index (χ1) is 14.4. The van der Waals surface area contributed by atoms with E-state index < -0.39 is 11.7 Å². The quantitative estimate of drug-likeness (QED) is 0.568. The van der Waals surface area contributed by atoms with Gasteiger partial charge < -0.3 is 14.2 Å². The van der Waals surface area contributed by atoms with Crippen LogP contribution in [0, 0.1) is 0 Å². The van der Waals surface area contributed by atoms with Crippen LogP contribution in [-0.4, -0.2) is 52.4 Å². The standard InChI is InChI=1S/C21H20F3N3O2S/c22-21(23,24)16-6-7-18-17(12-16)25-20(27(18)13-15-4-2-1-3-5-15)30-14-19(28)26-8-10-29-11-9-26/h1-7,12H,8-11,13-14H2. The van der Waals surface area contributed by atoms with E-state index >= 15 is 0 Å². The van der Waals surface area contributed by atoms with Gasteiger partial charge in [0.05, 0.1) is 42.1 Å². The van der Waals surface area contributed by atoms with Gasteiger partial charge in [0.2, 0.25) is 5.91 Å². The molecular weight excluding hydrogens is 415 g/mol. The Hall–Kier alpha value is -2.52. The predicted molar refractivity (Wildman–Crippen MR) is 108 cm³/mol. The third kappa shape index (κ3) is 4.62. The number of benzene rings is 2. The maximum absolute atomic E-state index is 13.1. The molecule has 1 aliphatic rings. The lowest BCUT2D eigenvalue weighted by Crippen LogP contribution is -2.41. The fourth-order valence-electron chi connectivity index (χ4n) is 3.34. The van der Waals surface area contributed by atoms with Crippen molar-refractivity contribution in [3.63, 3.8) is 0 Å². The van der Waals surface area contributed by atoms with Crippen molar-refractivity contribution < 1.29 is 22.7 Å². The number of rotatable bonds is 5. The Balaban J connectivity index is 1.63. The number of carbonyl (C=O) groups is 1. The van der Waals surface area contributed by atoms with E-state index in [-0.39, 0.29) is 17.2 Å². The van der Waals surface area contributed by atoms with Crippen molar-refractivity contribution in [3.8, 4) is 0 Å². The number of imidazole rings is 1. The molecule has 1 aliphatic heterocycles. The van der Waals surface area contributed by atoms with E-state index in [1.54, 1.807) is 4.90 Å². The summed E-state index contributed by atoms with van der Waals surface area (Å²) in [5, 5.41) is 0.523. The highest BCUT2D eigenvalue weighted by molar-refractivity contribution is 7.99. The van der Waals surface area contributed by atoms with Crippen LogP contribution in [-0.2, 0) is 22.3 Å². The predicted octanol–water partition coefficient (Wildman–Crippen LogP) is 4.05. The third-order valence-corrected chi connectivity index (χ3v) is 5.87. The number of aromatic nitrogens is 2. The van der Waals surface area contributed by atoms with Crippen LogP contribution in [0.2, 0.25) is 0 Å². The zero-order valence-corrected chi connectivity index (χ0v) is 16.9. The van der Waals surface area contributed by atoms with Crippen LogP contribution in [0.15, 0.2) is 53.7 Å². The van der Waals surface area contributed by atoms with E-state index in [1.165, 1.54) is 17.8 Å². The normalized spacial score (nSPS) is 15.0. The zero-order chi connectivity index (χ0) is 21.1. The van der Waals surface area contributed by atoms with E-state index in [9.17, 15) is 18.0 Å². The fraction of sp³-hybridized carbons (Fsp3) is 0.333. The average molecular weight is 435 g/mol. The van der Waals surface area contributed by atoms with Crippen LogP contribution in [0.1, 0.15) is 11.1 Å². The second kappa shape index (κ2) is 8.69. The number of morpholine rings is 1. The Morgan fingerprint density at radius 3 is 2.53 bits per heavy atom. The number of hydrogen-bond donors (Lipinski definition) is 0. The van der Waals surface area contributed by atoms with Gasteiger partial charge in [0.25, 0.3) is 0 Å². The van der Waals surface area contributed by atoms with Crippen molar-refractivity contribution in [2.45, 2.75) is 17.9 Å². The molecule has 0 radical (unpaired) electrons. The monoisotopic (exact) mass is 435 g/mol. The summed E-state index contributed by atoms with van der Waals surface area (Å²) in [6, 6.07) is 13.2. The van der Waals surface area contributed by atoms with Crippen molar-refractivity contribution in [1.82, 2.24) is 14.5 Å². The summed E-state index contributed by atoms with van der Waals surface area (Å²) >= 11 is 1.25. The molecule has 1 fully saturated rings. The highest BCUT2D eigenvalue weighted by Crippen LogP contribution is 2.33. The van der Waals surface area contributed by atoms with Gasteiger partial charge in [0, 0.05) is 13.1 Å². The molecule has 30 heavy (non-hydrogen) atoms. The second-order valence-corrected chi connectivity index (χ2v) is 7.89. The van der Waals surface area contributed by atoms with Gasteiger partial charge in [0.1, 0.15) is 0 Å². The number of carbonyl (C=O) groups excluding carboxylic acids is 1. The lowest BCUT2D eigenvalue weighted by molar-refractivity contribution is -0.137. The van der Waals surface area contributed by atoms with Gasteiger partial charge >= 0.3 is 6.18 Å². The molecule has 3 aromatic rings. The van der Waals surface area contributed by atoms with Gasteiger partial charge in [0.15, 0.2) is 5.16 Å². The number of ether oxygens (including phenoxy) is 1. The second-order valence-electron chi connectivity index (χ2n) is 6.95. The maximum Gasteiger partial charge on any atom is 0.416 e. The van der Waals surface area contributed by atoms with Crippen molar-refractivity contribution in [2.75, 3.05) is 32.1 Å². The molecule has 1 amide bonds. The van der Waals surface area contributed by atoms with Gasteiger partial charge in [-0.2, -0.15) is 13.2 Å². The Kier molecular flexibility index (Phi) is 6.01. The molecule has 9 heteroatoms. The summed E-state index contributed by atoms with van der Waals surface area (Å²) < 4.78 is 46.5. The molecule has 5 nitrogen and oxygen atoms in total. The first kappa shape index (κ1) is 20.7. The highest BCUT2D eigenvalue weighted by Gasteiger charge is 2.31. The smallest absolute Gasteiger partial charge is 0.378 e. The van der Waals surface area contributed by atoms with Crippen LogP contribution in [0.25, 0.3) is 11.0 Å². The van der Waals surface area contributed by atoms with Crippen LogP contribution in [0.5, 0.6) is 0 Å². The van der Waals surface area contributed by atoms with E-state index in [2.05, 4.69) is 4.98 Å². The molecule has 158 valence electrons. The summed E-state index contributed by atoms with van der Waals surface area (Å²) in [6.45, 7) is 2.59. The lowest BCUT2D eigenvalue weighted by atomic mass is 10.2. The topological polar surface area (TPSA) is 47.4 Å². The first-order valence-corrected chi connectivity index (χ1v) is 10.5. The number of halogens is 3. The number of hydrogen-bond acceptors (Lipinski definition) is 4. The van der Waals surface area contributed by atoms with E-state index in [0.29, 0.717) is 43.5 Å². The van der Waals surface area contributed by atoms with Gasteiger partial charge in [-0.25, -0.2) is 4.98 Å². The molecule has 0 aliphatic carbocycles. The largest absolute Gasteiger partial charge is 0.416 e. The van der Waals surface area contributed by atoms with Crippen LogP contribution < -0.4 is 0 Å². The summed E-state index contributed by atoms with van der Waals surface area (Å²) in [4.78, 5) is 18.7. The fourth-order valence-corrected chi connectivity index (χ4v) is 4.26. The van der Waals surface area contributed by atoms with Gasteiger partial charge in [-0.15, -0.1) is 0 Å². The van der Waals surface area contributed by atoms with E-state index in [1.807, 2.05) is 34.9 Å². The molecular formula is C21H20F3N3O2S. The van der Waals surface area contributed by atoms with Crippen molar-refractivity contribution >= 4 is 28.7 Å². The van der Waals surface area contributed by atoms with E-state index in [4.69, 9.17) is 4.74 Å². The van der Waals surface area contributed by atoms with Crippen molar-refractivity contribution in [2.24, 2.45) is 0 Å². The maximum atomic E-state index is 13.1. The number of thioether (sulfide) groups is 1. The number of fused-ring (bicyclic) bond motifs is 1. The highest BCUT2D eigenvalue weighted by atomic mass is 32.2. The zero-order valence-electron chi connectivity index (χ0n) is 16.1. The summed E-state index contributed by atoms with van der Waals surface area (Å²) in [6.07, 6.45) is -4.43. The molecule has 1 saturated heterocycles. The van der Waals surface area contributed by atoms with Gasteiger partial charge in [-0.1, -0.05) is 42.1 Å². The minimum absolute atomic E-state index is 0.0300. The molecule has 0 unspecified atom stereocenters. The Morgan fingerprint density at radius 2 is 1.83 bits per heavy atom. The number of nitrogens with zero attached hydrogens (tertiary/aromatic N) is 3. The number of amides is 1. The number of alkyl halides is 3. The third-order valence-electron chi connectivity index (χ3n) is 4.91. The summed E-state index contributed by atoms with van der Waals surface area (Å²) in [5.74, 6) is 0.141. The van der Waals surface area contributed by atoms with Crippen LogP contribution >= 0.6 is 11.8 Å². The minimum atomic E-state index is -4.43. The molecule has 0 bridgehead atoms. The molecule has 2 heterocycles. The Bertz CT molecular complexity index is 1030. The minimum Gasteiger partial charge on any atom is -0.378 e. The lowest BCUT2D eigenvalue weighted by Gasteiger charge is -2.26. The molecule has 0 atom stereocenters. The molecule has 1 aromatic heterocycles. The first-order valence-electron chi connectivity index (χ1n) is 9.51. The molecule has 0 N–H and O–H groups in total. The summed E-state index contributed by atoms with van der Waals surface area (Å²) in [5.41, 5.74) is 1.13. The SMILES string of the molecule is O=C(CSc1nc2cc(C(F)(F)F)ccc2n1Cc1ccccc1)N1CCOCC1. The molecule has 4 rings (SSSR count). The molecule has 0 saturated carbocycles. The van der Waals surface area contributed by atoms with Gasteiger partial charge in [-0.3, -0.25) is 4.79 Å². The average Bonchev–Trinajstić information content (AvgIpc) is 3.09. The summed E-state index contributed by atoms with van der Waals surface area (Å²) in [7, 11) is 0. The van der Waals surface area contributed by atoms with Gasteiger partial charge in [-0.05, 0) is 23.8 Å². The Morgan fingerprint density at radius 1 is 1.10 bits per heavy atom. The Labute approximate surface area is 175 Å². The van der Waals surface area contributed by atoms with E-state index in [0.717, 1.165) is 17.7 Å².